The molecule has 0 atom stereocenters. The van der Waals surface area contributed by atoms with Gasteiger partial charge in [-0.25, -0.2) is 14.6 Å². The number of rotatable bonds is 5. The quantitative estimate of drug-likeness (QED) is 0.129. The van der Waals surface area contributed by atoms with Crippen LogP contribution in [0.2, 0.25) is 0 Å². The van der Waals surface area contributed by atoms with Crippen molar-refractivity contribution < 1.29 is 13.6 Å². The van der Waals surface area contributed by atoms with Gasteiger partial charge >= 0.3 is 5.63 Å². The monoisotopic (exact) mass is 810 g/mol. The third kappa shape index (κ3) is 6.56. The van der Waals surface area contributed by atoms with E-state index in [1.54, 1.807) is 12.2 Å². The highest BCUT2D eigenvalue weighted by atomic mass is 16.5. The van der Waals surface area contributed by atoms with Crippen molar-refractivity contribution in [2.24, 2.45) is 0 Å². The number of para-hydroxylation sites is 2. The predicted molar refractivity (Wildman–Crippen MR) is 247 cm³/mol. The van der Waals surface area contributed by atoms with Gasteiger partial charge in [0.2, 0.25) is 5.89 Å². The molecular weight excluding hydrogens is 757 g/mol. The van der Waals surface area contributed by atoms with Crippen LogP contribution in [0.5, 0.6) is 0 Å². The molecule has 0 aliphatic carbocycles. The van der Waals surface area contributed by atoms with Crippen LogP contribution >= 0.6 is 0 Å². The van der Waals surface area contributed by atoms with Gasteiger partial charge in [0.15, 0.2) is 5.58 Å². The summed E-state index contributed by atoms with van der Waals surface area (Å²) in [6, 6.07) is 16.4. The van der Waals surface area contributed by atoms with Gasteiger partial charge in [-0.1, -0.05) is 73.6 Å². The Kier molecular flexibility index (Phi) is 8.79. The summed E-state index contributed by atoms with van der Waals surface area (Å²) < 4.78 is 19.0. The lowest BCUT2D eigenvalue weighted by Gasteiger charge is -2.48. The molecule has 5 aliphatic heterocycles. The lowest BCUT2D eigenvalue weighted by Crippen LogP contribution is -2.44. The molecule has 0 bridgehead atoms. The Balaban J connectivity index is 1.06. The molecule has 0 spiro atoms. The van der Waals surface area contributed by atoms with Crippen molar-refractivity contribution in [2.75, 3.05) is 36.0 Å². The second kappa shape index (κ2) is 13.7. The summed E-state index contributed by atoms with van der Waals surface area (Å²) in [5.74, 6) is 1.25. The van der Waals surface area contributed by atoms with Gasteiger partial charge in [0.1, 0.15) is 22.6 Å². The summed E-state index contributed by atoms with van der Waals surface area (Å²) in [7, 11) is 0. The predicted octanol–water partition coefficient (Wildman–Crippen LogP) is 12.1. The standard InChI is InChI=1S/C53H54N4O4/c1-50(2)18-22-56-23-19-51(3,4)39-27-32(26-38(50)45(39)56)14-16-36-29-34(44(54-9)48-55-41-12-10-11-13-42(41)60-48)30-37(59-36)17-15-33-28-35-31-40-46-43(47(35)61-49(33)58)53(7,8)21-25-57(46)24-20-52(40,5)6/h10-17,26-31H,18-25H2,1-8H3. The Bertz CT molecular complexity index is 2880. The summed E-state index contributed by atoms with van der Waals surface area (Å²) in [5, 5.41) is 0.922. The zero-order valence-electron chi connectivity index (χ0n) is 36.7. The van der Waals surface area contributed by atoms with E-state index >= 15 is 0 Å². The van der Waals surface area contributed by atoms with Crippen LogP contribution in [-0.4, -0.2) is 31.2 Å². The Labute approximate surface area is 358 Å². The van der Waals surface area contributed by atoms with Crippen LogP contribution in [0.15, 0.2) is 104 Å². The topological polar surface area (TPSA) is 76.3 Å². The smallest absolute Gasteiger partial charge is 0.343 e. The highest BCUT2D eigenvalue weighted by molar-refractivity contribution is 5.91. The Morgan fingerprint density at radius 3 is 1.90 bits per heavy atom. The summed E-state index contributed by atoms with van der Waals surface area (Å²) in [5.41, 5.74) is 11.8. The maximum atomic E-state index is 13.9. The minimum absolute atomic E-state index is 0.00764. The zero-order valence-corrected chi connectivity index (χ0v) is 36.7. The molecule has 0 saturated heterocycles. The number of hydrogen-bond acceptors (Lipinski definition) is 7. The first-order valence-electron chi connectivity index (χ1n) is 21.8. The molecule has 0 amide bonds. The van der Waals surface area contributed by atoms with Crippen molar-refractivity contribution in [1.82, 2.24) is 4.98 Å². The van der Waals surface area contributed by atoms with Crippen LogP contribution in [0.25, 0.3) is 44.8 Å². The van der Waals surface area contributed by atoms with Crippen molar-refractivity contribution in [3.8, 4) is 0 Å². The second-order valence-electron chi connectivity index (χ2n) is 20.3. The maximum absolute atomic E-state index is 13.9. The van der Waals surface area contributed by atoms with Crippen molar-refractivity contribution in [3.63, 3.8) is 0 Å². The molecule has 5 aromatic rings. The van der Waals surface area contributed by atoms with Crippen LogP contribution in [0, 0.1) is 6.57 Å². The van der Waals surface area contributed by atoms with E-state index in [2.05, 4.69) is 99.3 Å². The van der Waals surface area contributed by atoms with Crippen LogP contribution in [0.3, 0.4) is 0 Å². The summed E-state index contributed by atoms with van der Waals surface area (Å²) in [6.07, 6.45) is 15.6. The number of anilines is 2. The molecule has 0 saturated carbocycles. The number of oxazole rings is 1. The fraction of sp³-hybridized carbons (Fsp3) is 0.377. The minimum atomic E-state index is -0.403. The molecule has 61 heavy (non-hydrogen) atoms. The van der Waals surface area contributed by atoms with Crippen molar-refractivity contribution in [2.45, 2.75) is 103 Å². The fourth-order valence-electron chi connectivity index (χ4n) is 10.2. The van der Waals surface area contributed by atoms with Crippen LogP contribution in [0.1, 0.15) is 120 Å². The first-order valence-corrected chi connectivity index (χ1v) is 21.8. The van der Waals surface area contributed by atoms with Crippen molar-refractivity contribution in [3.05, 3.63) is 151 Å². The van der Waals surface area contributed by atoms with Crippen molar-refractivity contribution >= 4 is 51.3 Å². The van der Waals surface area contributed by atoms with Crippen LogP contribution < -0.4 is 15.4 Å². The number of nitrogens with zero attached hydrogens (tertiary/aromatic N) is 4. The third-order valence-electron chi connectivity index (χ3n) is 14.3. The molecule has 3 aromatic carbocycles. The summed E-state index contributed by atoms with van der Waals surface area (Å²) in [4.78, 5) is 27.6. The normalized spacial score (nSPS) is 21.5. The van der Waals surface area contributed by atoms with E-state index in [1.807, 2.05) is 48.6 Å². The van der Waals surface area contributed by atoms with Gasteiger partial charge in [0.05, 0.1) is 12.1 Å². The zero-order chi connectivity index (χ0) is 42.6. The fourth-order valence-corrected chi connectivity index (χ4v) is 10.2. The first-order chi connectivity index (χ1) is 29.0. The van der Waals surface area contributed by atoms with E-state index in [1.165, 1.54) is 28.1 Å². The van der Waals surface area contributed by atoms with E-state index in [4.69, 9.17) is 20.1 Å². The van der Waals surface area contributed by atoms with E-state index < -0.39 is 5.63 Å². The molecule has 7 heterocycles. The molecule has 2 aromatic heterocycles. The van der Waals surface area contributed by atoms with E-state index in [0.29, 0.717) is 39.3 Å². The van der Waals surface area contributed by atoms with Gasteiger partial charge < -0.3 is 23.4 Å². The number of benzene rings is 3. The lowest BCUT2D eigenvalue weighted by atomic mass is 9.69. The Hall–Kier alpha value is -6.07. The molecule has 10 rings (SSSR count). The molecule has 0 radical (unpaired) electrons. The van der Waals surface area contributed by atoms with Gasteiger partial charge in [-0.2, -0.15) is 0 Å². The molecule has 0 unspecified atom stereocenters. The van der Waals surface area contributed by atoms with Crippen LogP contribution in [0.4, 0.5) is 11.4 Å². The molecule has 8 nitrogen and oxygen atoms in total. The molecule has 0 N–H and O–H groups in total. The van der Waals surface area contributed by atoms with Gasteiger partial charge in [-0.3, -0.25) is 0 Å². The van der Waals surface area contributed by atoms with Gasteiger partial charge in [0.25, 0.3) is 5.70 Å². The lowest BCUT2D eigenvalue weighted by molar-refractivity contribution is 0.332. The Morgan fingerprint density at radius 1 is 0.705 bits per heavy atom. The average Bonchev–Trinajstić information content (AvgIpc) is 3.64. The molecule has 8 heteroatoms. The molecule has 0 fully saturated rings. The van der Waals surface area contributed by atoms with E-state index in [-0.39, 0.29) is 33.2 Å². The van der Waals surface area contributed by atoms with E-state index in [9.17, 15) is 4.79 Å². The molecular formula is C53H54N4O4. The van der Waals surface area contributed by atoms with Gasteiger partial charge in [0, 0.05) is 48.5 Å². The van der Waals surface area contributed by atoms with Gasteiger partial charge in [-0.05, 0) is 142 Å². The SMILES string of the molecule is [C-]#[N+]C(=C1C=C(C=Cc2cc3c4c(c2)C(C)(C)CCN4CCC3(C)C)OC(C=Cc2cc3cc4c5c(c3oc2=O)C(C)(C)CCN5CCC4(C)C)=C1)c1nc2ccccc2o1. The highest BCUT2D eigenvalue weighted by Crippen LogP contribution is 2.52. The number of hydrogen-bond donors (Lipinski definition) is 0. The van der Waals surface area contributed by atoms with Crippen LogP contribution in [-0.2, 0) is 26.4 Å². The second-order valence-corrected chi connectivity index (χ2v) is 20.3. The Morgan fingerprint density at radius 2 is 1.28 bits per heavy atom. The van der Waals surface area contributed by atoms with E-state index in [0.717, 1.165) is 68.4 Å². The first kappa shape index (κ1) is 39.1. The molecule has 310 valence electrons. The number of allylic oxidation sites excluding steroid dienone is 5. The summed E-state index contributed by atoms with van der Waals surface area (Å²) in [6.45, 7) is 31.1. The average molecular weight is 811 g/mol. The van der Waals surface area contributed by atoms with Gasteiger partial charge in [-0.15, -0.1) is 0 Å². The molecule has 5 aliphatic rings. The third-order valence-corrected chi connectivity index (χ3v) is 14.3. The number of ether oxygens (including phenoxy) is 1. The highest BCUT2D eigenvalue weighted by Gasteiger charge is 2.43. The number of fused-ring (bicyclic) bond motifs is 3. The summed E-state index contributed by atoms with van der Waals surface area (Å²) >= 11 is 0. The number of aromatic nitrogens is 1. The van der Waals surface area contributed by atoms with Crippen molar-refractivity contribution in [1.29, 1.82) is 0 Å². The minimum Gasteiger partial charge on any atom is -0.457 e. The maximum Gasteiger partial charge on any atom is 0.343 e. The largest absolute Gasteiger partial charge is 0.457 e.